The highest BCUT2D eigenvalue weighted by Gasteiger charge is 2.42. The summed E-state index contributed by atoms with van der Waals surface area (Å²) in [4.78, 5) is 0. The standard InChI is InChI=1S/C12H14N2O2/c13-11(14)7-6-10(8-12(11,15)16)9-4-2-1-3-5-9/h1-8,15-16H,13-14H2. The zero-order valence-corrected chi connectivity index (χ0v) is 8.67. The number of benzene rings is 1. The van der Waals surface area contributed by atoms with Crippen LogP contribution in [-0.2, 0) is 0 Å². The molecule has 0 heterocycles. The Hall–Kier alpha value is -1.46. The minimum absolute atomic E-state index is 0.678. The Labute approximate surface area is 93.5 Å². The van der Waals surface area contributed by atoms with Crippen molar-refractivity contribution in [1.29, 1.82) is 0 Å². The number of aliphatic hydroxyl groups is 2. The van der Waals surface area contributed by atoms with Crippen molar-refractivity contribution in [2.24, 2.45) is 11.5 Å². The zero-order chi connectivity index (χ0) is 11.8. The van der Waals surface area contributed by atoms with Gasteiger partial charge in [0.1, 0.15) is 5.66 Å². The summed E-state index contributed by atoms with van der Waals surface area (Å²) in [6.07, 6.45) is 4.32. The lowest BCUT2D eigenvalue weighted by molar-refractivity contribution is -0.156. The molecule has 0 radical (unpaired) electrons. The van der Waals surface area contributed by atoms with Crippen LogP contribution in [0.3, 0.4) is 0 Å². The van der Waals surface area contributed by atoms with Crippen molar-refractivity contribution in [2.75, 3.05) is 0 Å². The first-order valence-electron chi connectivity index (χ1n) is 4.92. The molecule has 84 valence electrons. The molecule has 0 fully saturated rings. The lowest BCUT2D eigenvalue weighted by Gasteiger charge is -2.36. The van der Waals surface area contributed by atoms with E-state index in [2.05, 4.69) is 0 Å². The molecule has 1 aromatic rings. The minimum atomic E-state index is -2.24. The highest BCUT2D eigenvalue weighted by atomic mass is 16.5. The summed E-state index contributed by atoms with van der Waals surface area (Å²) in [5, 5.41) is 19.4. The average molecular weight is 218 g/mol. The number of allylic oxidation sites excluding steroid dienone is 2. The molecule has 4 heteroatoms. The fourth-order valence-electron chi connectivity index (χ4n) is 1.55. The molecule has 0 amide bonds. The molecule has 1 aliphatic carbocycles. The average Bonchev–Trinajstić information content (AvgIpc) is 2.23. The number of hydrogen-bond donors (Lipinski definition) is 4. The van der Waals surface area contributed by atoms with E-state index in [1.165, 1.54) is 12.2 Å². The second-order valence-electron chi connectivity index (χ2n) is 3.96. The lowest BCUT2D eigenvalue weighted by atomic mass is 9.89. The van der Waals surface area contributed by atoms with Gasteiger partial charge in [0.25, 0.3) is 0 Å². The van der Waals surface area contributed by atoms with Crippen LogP contribution < -0.4 is 11.5 Å². The van der Waals surface area contributed by atoms with Gasteiger partial charge in [-0.05, 0) is 23.3 Å². The van der Waals surface area contributed by atoms with Crippen molar-refractivity contribution in [1.82, 2.24) is 0 Å². The van der Waals surface area contributed by atoms with Gasteiger partial charge in [-0.3, -0.25) is 0 Å². The summed E-state index contributed by atoms with van der Waals surface area (Å²) in [5.41, 5.74) is 11.0. The normalized spacial score (nSPS) is 21.6. The molecule has 0 bridgehead atoms. The molecule has 0 atom stereocenters. The van der Waals surface area contributed by atoms with Gasteiger partial charge in [-0.1, -0.05) is 36.4 Å². The number of nitrogens with two attached hydrogens (primary N) is 2. The van der Waals surface area contributed by atoms with E-state index in [4.69, 9.17) is 11.5 Å². The van der Waals surface area contributed by atoms with Crippen LogP contribution in [-0.4, -0.2) is 21.7 Å². The van der Waals surface area contributed by atoms with Crippen LogP contribution in [0, 0.1) is 0 Å². The topological polar surface area (TPSA) is 92.5 Å². The van der Waals surface area contributed by atoms with Crippen LogP contribution in [0.25, 0.3) is 5.57 Å². The van der Waals surface area contributed by atoms with Gasteiger partial charge in [-0.15, -0.1) is 0 Å². The lowest BCUT2D eigenvalue weighted by Crippen LogP contribution is -2.65. The van der Waals surface area contributed by atoms with Crippen LogP contribution >= 0.6 is 0 Å². The highest BCUT2D eigenvalue weighted by Crippen LogP contribution is 2.28. The van der Waals surface area contributed by atoms with E-state index in [1.54, 1.807) is 6.08 Å². The van der Waals surface area contributed by atoms with Gasteiger partial charge < -0.3 is 21.7 Å². The van der Waals surface area contributed by atoms with Crippen molar-refractivity contribution in [3.05, 3.63) is 54.1 Å². The SMILES string of the molecule is NC1(N)C=CC(c2ccccc2)=CC1(O)O. The monoisotopic (exact) mass is 218 g/mol. The van der Waals surface area contributed by atoms with E-state index >= 15 is 0 Å². The third-order valence-corrected chi connectivity index (χ3v) is 2.64. The predicted octanol–water partition coefficient (Wildman–Crippen LogP) is -0.0656. The van der Waals surface area contributed by atoms with Gasteiger partial charge in [0.05, 0.1) is 0 Å². The predicted molar refractivity (Wildman–Crippen MR) is 61.8 cm³/mol. The molecular formula is C12H14N2O2. The smallest absolute Gasteiger partial charge is 0.219 e. The summed E-state index contributed by atoms with van der Waals surface area (Å²) < 4.78 is 0. The molecule has 0 unspecified atom stereocenters. The quantitative estimate of drug-likeness (QED) is 0.497. The first kappa shape index (κ1) is 11.0. The van der Waals surface area contributed by atoms with E-state index in [-0.39, 0.29) is 0 Å². The van der Waals surface area contributed by atoms with Gasteiger partial charge in [-0.25, -0.2) is 0 Å². The van der Waals surface area contributed by atoms with E-state index < -0.39 is 11.4 Å². The van der Waals surface area contributed by atoms with E-state index in [1.807, 2.05) is 30.3 Å². The summed E-state index contributed by atoms with van der Waals surface area (Å²) in [6.45, 7) is 0. The first-order chi connectivity index (χ1) is 7.42. The Bertz CT molecular complexity index is 447. The van der Waals surface area contributed by atoms with E-state index in [0.717, 1.165) is 5.56 Å². The molecular weight excluding hydrogens is 204 g/mol. The summed E-state index contributed by atoms with van der Waals surface area (Å²) >= 11 is 0. The molecule has 0 aromatic heterocycles. The Morgan fingerprint density at radius 1 is 1.00 bits per heavy atom. The van der Waals surface area contributed by atoms with Crippen LogP contribution in [0.5, 0.6) is 0 Å². The molecule has 4 nitrogen and oxygen atoms in total. The van der Waals surface area contributed by atoms with Crippen LogP contribution in [0.2, 0.25) is 0 Å². The van der Waals surface area contributed by atoms with Crippen molar-refractivity contribution >= 4 is 5.57 Å². The van der Waals surface area contributed by atoms with Crippen LogP contribution in [0.4, 0.5) is 0 Å². The molecule has 6 N–H and O–H groups in total. The maximum atomic E-state index is 9.71. The summed E-state index contributed by atoms with van der Waals surface area (Å²) in [6, 6.07) is 9.36. The molecule has 0 saturated carbocycles. The molecule has 1 aliphatic rings. The van der Waals surface area contributed by atoms with Gasteiger partial charge in [0, 0.05) is 0 Å². The summed E-state index contributed by atoms with van der Waals surface area (Å²) in [7, 11) is 0. The molecule has 16 heavy (non-hydrogen) atoms. The second-order valence-corrected chi connectivity index (χ2v) is 3.96. The zero-order valence-electron chi connectivity index (χ0n) is 8.67. The first-order valence-corrected chi connectivity index (χ1v) is 4.92. The van der Waals surface area contributed by atoms with Gasteiger partial charge >= 0.3 is 0 Å². The molecule has 0 spiro atoms. The fraction of sp³-hybridized carbons (Fsp3) is 0.167. The second kappa shape index (κ2) is 3.54. The summed E-state index contributed by atoms with van der Waals surface area (Å²) in [5.74, 6) is -2.24. The molecule has 1 aromatic carbocycles. The highest BCUT2D eigenvalue weighted by molar-refractivity contribution is 5.76. The molecule has 0 saturated heterocycles. The maximum Gasteiger partial charge on any atom is 0.219 e. The Morgan fingerprint density at radius 3 is 2.19 bits per heavy atom. The third kappa shape index (κ3) is 1.79. The minimum Gasteiger partial charge on any atom is -0.360 e. The molecule has 0 aliphatic heterocycles. The molecule has 2 rings (SSSR count). The van der Waals surface area contributed by atoms with Gasteiger partial charge in [-0.2, -0.15) is 0 Å². The van der Waals surface area contributed by atoms with Gasteiger partial charge in [0.2, 0.25) is 5.79 Å². The van der Waals surface area contributed by atoms with Crippen molar-refractivity contribution < 1.29 is 10.2 Å². The van der Waals surface area contributed by atoms with Crippen LogP contribution in [0.1, 0.15) is 5.56 Å². The van der Waals surface area contributed by atoms with Crippen molar-refractivity contribution in [2.45, 2.75) is 11.4 Å². The number of rotatable bonds is 1. The number of hydrogen-bond acceptors (Lipinski definition) is 4. The maximum absolute atomic E-state index is 9.71. The van der Waals surface area contributed by atoms with Crippen molar-refractivity contribution in [3.63, 3.8) is 0 Å². The Morgan fingerprint density at radius 2 is 1.62 bits per heavy atom. The van der Waals surface area contributed by atoms with Gasteiger partial charge in [0.15, 0.2) is 0 Å². The van der Waals surface area contributed by atoms with Crippen molar-refractivity contribution in [3.8, 4) is 0 Å². The van der Waals surface area contributed by atoms with Crippen LogP contribution in [0.15, 0.2) is 48.6 Å². The Balaban J connectivity index is 2.41. The largest absolute Gasteiger partial charge is 0.360 e. The Kier molecular flexibility index (Phi) is 2.44. The van der Waals surface area contributed by atoms with E-state index in [0.29, 0.717) is 5.57 Å². The fourth-order valence-corrected chi connectivity index (χ4v) is 1.55. The van der Waals surface area contributed by atoms with E-state index in [9.17, 15) is 10.2 Å². The third-order valence-electron chi connectivity index (χ3n) is 2.64.